The molecule has 1 aliphatic carbocycles. The number of hydrogen-bond acceptors (Lipinski definition) is 2. The van der Waals surface area contributed by atoms with E-state index < -0.39 is 5.60 Å². The molecule has 0 spiro atoms. The van der Waals surface area contributed by atoms with E-state index in [9.17, 15) is 5.11 Å². The third kappa shape index (κ3) is 4.84. The summed E-state index contributed by atoms with van der Waals surface area (Å²) in [4.78, 5) is 0. The average Bonchev–Trinajstić information content (AvgIpc) is 2.17. The number of rotatable bonds is 5. The van der Waals surface area contributed by atoms with Crippen molar-refractivity contribution in [3.8, 4) is 0 Å². The van der Waals surface area contributed by atoms with Crippen LogP contribution in [0.25, 0.3) is 0 Å². The van der Waals surface area contributed by atoms with Gasteiger partial charge in [0.05, 0.1) is 5.60 Å². The third-order valence-electron chi connectivity index (χ3n) is 3.85. The van der Waals surface area contributed by atoms with Crippen LogP contribution >= 0.6 is 0 Å². The van der Waals surface area contributed by atoms with Crippen molar-refractivity contribution >= 4 is 0 Å². The predicted molar refractivity (Wildman–Crippen MR) is 69.5 cm³/mol. The van der Waals surface area contributed by atoms with Crippen molar-refractivity contribution in [3.05, 3.63) is 0 Å². The summed E-state index contributed by atoms with van der Waals surface area (Å²) in [5, 5.41) is 13.1. The highest BCUT2D eigenvalue weighted by Crippen LogP contribution is 2.37. The van der Waals surface area contributed by atoms with Gasteiger partial charge in [0.1, 0.15) is 0 Å². The molecule has 2 nitrogen and oxygen atoms in total. The van der Waals surface area contributed by atoms with Gasteiger partial charge in [-0.15, -0.1) is 0 Å². The summed E-state index contributed by atoms with van der Waals surface area (Å²) in [5.41, 5.74) is -0.228. The molecule has 1 fully saturated rings. The second-order valence-corrected chi connectivity index (χ2v) is 6.74. The normalized spacial score (nSPS) is 20.1. The van der Waals surface area contributed by atoms with E-state index in [2.05, 4.69) is 19.2 Å². The third-order valence-corrected chi connectivity index (χ3v) is 3.85. The zero-order valence-electron chi connectivity index (χ0n) is 11.5. The van der Waals surface area contributed by atoms with E-state index in [1.165, 1.54) is 32.1 Å². The van der Waals surface area contributed by atoms with E-state index in [-0.39, 0.29) is 0 Å². The lowest BCUT2D eigenvalue weighted by Crippen LogP contribution is -2.42. The fraction of sp³-hybridized carbons (Fsp3) is 1.00. The summed E-state index contributed by atoms with van der Waals surface area (Å²) in [5.74, 6) is 0.857. The Labute approximate surface area is 101 Å². The van der Waals surface area contributed by atoms with Gasteiger partial charge in [-0.3, -0.25) is 0 Å². The van der Waals surface area contributed by atoms with Crippen LogP contribution in [0.2, 0.25) is 0 Å². The van der Waals surface area contributed by atoms with Crippen molar-refractivity contribution in [1.82, 2.24) is 5.32 Å². The van der Waals surface area contributed by atoms with Crippen molar-refractivity contribution in [2.45, 2.75) is 65.4 Å². The fourth-order valence-electron chi connectivity index (χ4n) is 2.72. The zero-order chi connectivity index (χ0) is 12.2. The highest BCUT2D eigenvalue weighted by atomic mass is 16.3. The van der Waals surface area contributed by atoms with Crippen LogP contribution in [0.15, 0.2) is 0 Å². The first-order chi connectivity index (χ1) is 7.31. The van der Waals surface area contributed by atoms with Gasteiger partial charge in [-0.25, -0.2) is 0 Å². The van der Waals surface area contributed by atoms with Crippen molar-refractivity contribution in [1.29, 1.82) is 0 Å². The molecule has 0 atom stereocenters. The largest absolute Gasteiger partial charge is 0.389 e. The topological polar surface area (TPSA) is 32.3 Å². The maximum atomic E-state index is 9.66. The number of nitrogens with one attached hydrogen (secondary N) is 1. The Bertz CT molecular complexity index is 199. The molecule has 0 saturated heterocycles. The summed E-state index contributed by atoms with van der Waals surface area (Å²) in [6, 6.07) is 0. The van der Waals surface area contributed by atoms with Gasteiger partial charge in [0.25, 0.3) is 0 Å². The molecular formula is C14H29NO. The molecule has 1 aliphatic rings. The van der Waals surface area contributed by atoms with Crippen LogP contribution in [0.4, 0.5) is 0 Å². The Morgan fingerprint density at radius 2 is 1.56 bits per heavy atom. The minimum Gasteiger partial charge on any atom is -0.389 e. The Hall–Kier alpha value is -0.0800. The Balaban J connectivity index is 2.32. The molecule has 16 heavy (non-hydrogen) atoms. The van der Waals surface area contributed by atoms with E-state index in [1.54, 1.807) is 0 Å². The summed E-state index contributed by atoms with van der Waals surface area (Å²) in [7, 11) is 0. The minimum atomic E-state index is -0.595. The molecule has 0 amide bonds. The van der Waals surface area contributed by atoms with E-state index in [0.29, 0.717) is 12.0 Å². The Morgan fingerprint density at radius 1 is 1.00 bits per heavy atom. The molecule has 2 N–H and O–H groups in total. The summed E-state index contributed by atoms with van der Waals surface area (Å²) < 4.78 is 0. The highest BCUT2D eigenvalue weighted by Gasteiger charge is 2.30. The molecule has 0 radical (unpaired) electrons. The second-order valence-electron chi connectivity index (χ2n) is 6.74. The van der Waals surface area contributed by atoms with Crippen LogP contribution in [-0.2, 0) is 0 Å². The van der Waals surface area contributed by atoms with Gasteiger partial charge < -0.3 is 10.4 Å². The van der Waals surface area contributed by atoms with E-state index in [0.717, 1.165) is 12.5 Å². The zero-order valence-corrected chi connectivity index (χ0v) is 11.5. The van der Waals surface area contributed by atoms with Gasteiger partial charge in [0, 0.05) is 13.1 Å². The van der Waals surface area contributed by atoms with Gasteiger partial charge in [0.15, 0.2) is 0 Å². The SMILES string of the molecule is CC(C)(O)CNCC(C)(C)C1CCCCC1. The van der Waals surface area contributed by atoms with Crippen molar-refractivity contribution in [3.63, 3.8) is 0 Å². The number of aliphatic hydroxyl groups is 1. The maximum Gasteiger partial charge on any atom is 0.0715 e. The molecule has 0 aromatic heterocycles. The van der Waals surface area contributed by atoms with Crippen LogP contribution in [-0.4, -0.2) is 23.8 Å². The highest BCUT2D eigenvalue weighted by molar-refractivity contribution is 4.83. The lowest BCUT2D eigenvalue weighted by atomic mass is 9.71. The average molecular weight is 227 g/mol. The van der Waals surface area contributed by atoms with E-state index in [4.69, 9.17) is 0 Å². The minimum absolute atomic E-state index is 0.367. The van der Waals surface area contributed by atoms with Gasteiger partial charge in [0.2, 0.25) is 0 Å². The van der Waals surface area contributed by atoms with E-state index in [1.807, 2.05) is 13.8 Å². The first kappa shape index (κ1) is 14.0. The van der Waals surface area contributed by atoms with Crippen molar-refractivity contribution in [2.24, 2.45) is 11.3 Å². The predicted octanol–water partition coefficient (Wildman–Crippen LogP) is 2.95. The molecule has 0 unspecified atom stereocenters. The molecule has 0 aromatic carbocycles. The van der Waals surface area contributed by atoms with Crippen LogP contribution in [0, 0.1) is 11.3 Å². The molecule has 96 valence electrons. The Morgan fingerprint density at radius 3 is 2.06 bits per heavy atom. The standard InChI is InChI=1S/C14H29NO/c1-13(2,10-15-11-14(3,4)16)12-8-6-5-7-9-12/h12,15-16H,5-11H2,1-4H3. The quantitative estimate of drug-likeness (QED) is 0.757. The van der Waals surface area contributed by atoms with Crippen LogP contribution < -0.4 is 5.32 Å². The smallest absolute Gasteiger partial charge is 0.0715 e. The first-order valence-corrected chi connectivity index (χ1v) is 6.74. The van der Waals surface area contributed by atoms with E-state index >= 15 is 0 Å². The molecule has 0 aromatic rings. The summed E-state index contributed by atoms with van der Waals surface area (Å²) in [6.45, 7) is 10.1. The van der Waals surface area contributed by atoms with Crippen LogP contribution in [0.5, 0.6) is 0 Å². The first-order valence-electron chi connectivity index (χ1n) is 6.74. The second kappa shape index (κ2) is 5.50. The molecular weight excluding hydrogens is 198 g/mol. The monoisotopic (exact) mass is 227 g/mol. The maximum absolute atomic E-state index is 9.66. The molecule has 0 bridgehead atoms. The summed E-state index contributed by atoms with van der Waals surface area (Å²) >= 11 is 0. The molecule has 0 aliphatic heterocycles. The number of hydrogen-bond donors (Lipinski definition) is 2. The van der Waals surface area contributed by atoms with Crippen molar-refractivity contribution < 1.29 is 5.11 Å². The van der Waals surface area contributed by atoms with Gasteiger partial charge in [-0.05, 0) is 38.0 Å². The van der Waals surface area contributed by atoms with Gasteiger partial charge in [-0.2, -0.15) is 0 Å². The summed E-state index contributed by atoms with van der Waals surface area (Å²) in [6.07, 6.45) is 7.00. The van der Waals surface area contributed by atoms with Crippen molar-refractivity contribution in [2.75, 3.05) is 13.1 Å². The molecule has 2 heteroatoms. The molecule has 1 rings (SSSR count). The Kier molecular flexibility index (Phi) is 4.81. The lowest BCUT2D eigenvalue weighted by Gasteiger charge is -2.37. The fourth-order valence-corrected chi connectivity index (χ4v) is 2.72. The lowest BCUT2D eigenvalue weighted by molar-refractivity contribution is 0.0711. The van der Waals surface area contributed by atoms with Gasteiger partial charge >= 0.3 is 0 Å². The molecule has 0 heterocycles. The molecule has 1 saturated carbocycles. The van der Waals surface area contributed by atoms with Gasteiger partial charge in [-0.1, -0.05) is 33.1 Å². The van der Waals surface area contributed by atoms with Crippen LogP contribution in [0.1, 0.15) is 59.8 Å². The van der Waals surface area contributed by atoms with Crippen LogP contribution in [0.3, 0.4) is 0 Å².